The van der Waals surface area contributed by atoms with Crippen LogP contribution in [-0.4, -0.2) is 44.0 Å². The molecule has 1 atom stereocenters. The molecule has 1 aromatic carbocycles. The lowest BCUT2D eigenvalue weighted by Crippen LogP contribution is -2.35. The van der Waals surface area contributed by atoms with Crippen molar-refractivity contribution in [3.05, 3.63) is 29.8 Å². The summed E-state index contributed by atoms with van der Waals surface area (Å²) in [5.41, 5.74) is 1.75. The van der Waals surface area contributed by atoms with Crippen LogP contribution in [0.5, 0.6) is 0 Å². The maximum Gasteiger partial charge on any atom is 0.251 e. The second kappa shape index (κ2) is 7.29. The lowest BCUT2D eigenvalue weighted by atomic mass is 9.98. The van der Waals surface area contributed by atoms with Gasteiger partial charge in [-0.15, -0.1) is 0 Å². The SMILES string of the molecule is CCNC(=O)c1cccc(NCC2CCCN(C)C2)c1. The quantitative estimate of drug-likeness (QED) is 0.866. The fourth-order valence-electron chi connectivity index (χ4n) is 2.74. The number of anilines is 1. The average molecular weight is 275 g/mol. The topological polar surface area (TPSA) is 44.4 Å². The smallest absolute Gasteiger partial charge is 0.251 e. The number of nitrogens with one attached hydrogen (secondary N) is 2. The molecule has 0 saturated carbocycles. The van der Waals surface area contributed by atoms with Gasteiger partial charge in [0.05, 0.1) is 0 Å². The third-order valence-corrected chi connectivity index (χ3v) is 3.78. The number of hydrogen-bond acceptors (Lipinski definition) is 3. The van der Waals surface area contributed by atoms with Gasteiger partial charge in [0.15, 0.2) is 0 Å². The standard InChI is InChI=1S/C16H25N3O/c1-3-17-16(20)14-7-4-8-15(10-14)18-11-13-6-5-9-19(2)12-13/h4,7-8,10,13,18H,3,5-6,9,11-12H2,1-2H3,(H,17,20). The summed E-state index contributed by atoms with van der Waals surface area (Å²) in [6.45, 7) is 5.93. The van der Waals surface area contributed by atoms with Crippen LogP contribution in [0, 0.1) is 5.92 Å². The maximum absolute atomic E-state index is 11.8. The van der Waals surface area contributed by atoms with Crippen LogP contribution >= 0.6 is 0 Å². The second-order valence-electron chi connectivity index (χ2n) is 5.59. The number of benzene rings is 1. The molecular formula is C16H25N3O. The molecule has 20 heavy (non-hydrogen) atoms. The Morgan fingerprint density at radius 3 is 3.05 bits per heavy atom. The number of amides is 1. The predicted octanol–water partition coefficient (Wildman–Crippen LogP) is 2.19. The Kier molecular flexibility index (Phi) is 5.41. The van der Waals surface area contributed by atoms with E-state index in [1.54, 1.807) is 0 Å². The molecule has 0 radical (unpaired) electrons. The van der Waals surface area contributed by atoms with Gasteiger partial charge in [0.2, 0.25) is 0 Å². The van der Waals surface area contributed by atoms with Crippen LogP contribution in [0.25, 0.3) is 0 Å². The van der Waals surface area contributed by atoms with Crippen molar-refractivity contribution in [2.45, 2.75) is 19.8 Å². The predicted molar refractivity (Wildman–Crippen MR) is 83.2 cm³/mol. The van der Waals surface area contributed by atoms with Crippen LogP contribution in [0.1, 0.15) is 30.1 Å². The Hall–Kier alpha value is -1.55. The molecule has 1 unspecified atom stereocenters. The summed E-state index contributed by atoms with van der Waals surface area (Å²) in [5.74, 6) is 0.690. The number of carbonyl (C=O) groups is 1. The molecule has 1 aliphatic rings. The van der Waals surface area contributed by atoms with Crippen molar-refractivity contribution in [2.24, 2.45) is 5.92 Å². The van der Waals surface area contributed by atoms with Gasteiger partial charge in [0.1, 0.15) is 0 Å². The Balaban J connectivity index is 1.89. The van der Waals surface area contributed by atoms with E-state index in [0.717, 1.165) is 24.3 Å². The first-order valence-electron chi connectivity index (χ1n) is 7.49. The fourth-order valence-corrected chi connectivity index (χ4v) is 2.74. The van der Waals surface area contributed by atoms with Crippen LogP contribution in [0.2, 0.25) is 0 Å². The van der Waals surface area contributed by atoms with Crippen LogP contribution < -0.4 is 10.6 Å². The Bertz CT molecular complexity index is 447. The number of hydrogen-bond donors (Lipinski definition) is 2. The monoisotopic (exact) mass is 275 g/mol. The van der Waals surface area contributed by atoms with Crippen molar-refractivity contribution in [3.63, 3.8) is 0 Å². The molecule has 110 valence electrons. The normalized spacial score (nSPS) is 19.6. The lowest BCUT2D eigenvalue weighted by Gasteiger charge is -2.30. The fraction of sp³-hybridized carbons (Fsp3) is 0.562. The number of nitrogens with zero attached hydrogens (tertiary/aromatic N) is 1. The van der Waals surface area contributed by atoms with E-state index < -0.39 is 0 Å². The van der Waals surface area contributed by atoms with Crippen LogP contribution in [-0.2, 0) is 0 Å². The molecule has 0 spiro atoms. The molecule has 2 N–H and O–H groups in total. The molecule has 1 fully saturated rings. The molecule has 0 bridgehead atoms. The van der Waals surface area contributed by atoms with Gasteiger partial charge in [-0.1, -0.05) is 6.07 Å². The summed E-state index contributed by atoms with van der Waals surface area (Å²) >= 11 is 0. The molecular weight excluding hydrogens is 250 g/mol. The molecule has 1 saturated heterocycles. The van der Waals surface area contributed by atoms with Crippen molar-refractivity contribution >= 4 is 11.6 Å². The summed E-state index contributed by atoms with van der Waals surface area (Å²) in [6, 6.07) is 7.73. The van der Waals surface area contributed by atoms with E-state index >= 15 is 0 Å². The molecule has 1 aromatic rings. The minimum absolute atomic E-state index is 0.00597. The highest BCUT2D eigenvalue weighted by atomic mass is 16.1. The first-order valence-corrected chi connectivity index (χ1v) is 7.49. The molecule has 2 rings (SSSR count). The molecule has 0 aromatic heterocycles. The van der Waals surface area contributed by atoms with Crippen LogP contribution in [0.3, 0.4) is 0 Å². The summed E-state index contributed by atoms with van der Waals surface area (Å²) in [7, 11) is 2.18. The third-order valence-electron chi connectivity index (χ3n) is 3.78. The summed E-state index contributed by atoms with van der Waals surface area (Å²) < 4.78 is 0. The Morgan fingerprint density at radius 1 is 1.45 bits per heavy atom. The third kappa shape index (κ3) is 4.23. The molecule has 4 nitrogen and oxygen atoms in total. The zero-order valence-corrected chi connectivity index (χ0v) is 12.5. The van der Waals surface area contributed by atoms with Gasteiger partial charge >= 0.3 is 0 Å². The average Bonchev–Trinajstić information content (AvgIpc) is 2.46. The van der Waals surface area contributed by atoms with Gasteiger partial charge in [-0.3, -0.25) is 4.79 Å². The highest BCUT2D eigenvalue weighted by molar-refractivity contribution is 5.95. The van der Waals surface area contributed by atoms with Crippen molar-refractivity contribution < 1.29 is 4.79 Å². The van der Waals surface area contributed by atoms with E-state index in [0.29, 0.717) is 12.5 Å². The minimum Gasteiger partial charge on any atom is -0.385 e. The highest BCUT2D eigenvalue weighted by Crippen LogP contribution is 2.17. The zero-order valence-electron chi connectivity index (χ0n) is 12.5. The first-order chi connectivity index (χ1) is 9.69. The van der Waals surface area contributed by atoms with E-state index in [1.807, 2.05) is 31.2 Å². The number of piperidine rings is 1. The maximum atomic E-state index is 11.8. The Morgan fingerprint density at radius 2 is 2.30 bits per heavy atom. The van der Waals surface area contributed by atoms with E-state index in [9.17, 15) is 4.79 Å². The molecule has 0 aliphatic carbocycles. The molecule has 1 amide bonds. The Labute approximate surface area is 121 Å². The van der Waals surface area contributed by atoms with E-state index in [1.165, 1.54) is 19.4 Å². The minimum atomic E-state index is -0.00597. The van der Waals surface area contributed by atoms with Gasteiger partial charge in [-0.05, 0) is 57.5 Å². The van der Waals surface area contributed by atoms with Crippen molar-refractivity contribution in [2.75, 3.05) is 38.5 Å². The summed E-state index contributed by atoms with van der Waals surface area (Å²) in [5, 5.41) is 6.29. The van der Waals surface area contributed by atoms with Crippen LogP contribution in [0.4, 0.5) is 5.69 Å². The van der Waals surface area contributed by atoms with E-state index in [2.05, 4.69) is 22.6 Å². The van der Waals surface area contributed by atoms with Gasteiger partial charge < -0.3 is 15.5 Å². The molecule has 4 heteroatoms. The lowest BCUT2D eigenvalue weighted by molar-refractivity contribution is 0.0956. The second-order valence-corrected chi connectivity index (χ2v) is 5.59. The highest BCUT2D eigenvalue weighted by Gasteiger charge is 2.16. The van der Waals surface area contributed by atoms with Crippen molar-refractivity contribution in [1.29, 1.82) is 0 Å². The number of rotatable bonds is 5. The van der Waals surface area contributed by atoms with Gasteiger partial charge in [0, 0.05) is 30.9 Å². The van der Waals surface area contributed by atoms with Crippen molar-refractivity contribution in [1.82, 2.24) is 10.2 Å². The first kappa shape index (κ1) is 14.9. The van der Waals surface area contributed by atoms with Gasteiger partial charge in [0.25, 0.3) is 5.91 Å². The molecule has 1 aliphatic heterocycles. The van der Waals surface area contributed by atoms with Crippen molar-refractivity contribution in [3.8, 4) is 0 Å². The van der Waals surface area contributed by atoms with Gasteiger partial charge in [-0.25, -0.2) is 0 Å². The number of likely N-dealkylation sites (tertiary alicyclic amines) is 1. The van der Waals surface area contributed by atoms with Crippen LogP contribution in [0.15, 0.2) is 24.3 Å². The zero-order chi connectivity index (χ0) is 14.4. The summed E-state index contributed by atoms with van der Waals surface area (Å²) in [4.78, 5) is 14.2. The summed E-state index contributed by atoms with van der Waals surface area (Å²) in [6.07, 6.45) is 2.56. The number of carbonyl (C=O) groups excluding carboxylic acids is 1. The van der Waals surface area contributed by atoms with Gasteiger partial charge in [-0.2, -0.15) is 0 Å². The molecule has 1 heterocycles. The largest absolute Gasteiger partial charge is 0.385 e. The van der Waals surface area contributed by atoms with E-state index in [-0.39, 0.29) is 5.91 Å². The van der Waals surface area contributed by atoms with E-state index in [4.69, 9.17) is 0 Å².